The third-order valence-corrected chi connectivity index (χ3v) is 4.25. The zero-order valence-corrected chi connectivity index (χ0v) is 11.9. The van der Waals surface area contributed by atoms with Crippen molar-refractivity contribution >= 4 is 6.09 Å². The highest BCUT2D eigenvalue weighted by atomic mass is 19.1. The Morgan fingerprint density at radius 3 is 2.95 bits per heavy atom. The Hall–Kier alpha value is -2.17. The SMILES string of the molecule is N#Cc1cc([C@@H]2CN3CCN(C(=O)O)C[C@H]3CO2)ccc1F. The molecule has 1 aromatic carbocycles. The van der Waals surface area contributed by atoms with E-state index in [1.54, 1.807) is 6.07 Å². The molecule has 22 heavy (non-hydrogen) atoms. The molecule has 116 valence electrons. The first-order valence-corrected chi connectivity index (χ1v) is 7.11. The van der Waals surface area contributed by atoms with Gasteiger partial charge < -0.3 is 14.7 Å². The summed E-state index contributed by atoms with van der Waals surface area (Å²) in [7, 11) is 0. The number of piperazine rings is 1. The van der Waals surface area contributed by atoms with Crippen LogP contribution in [0.25, 0.3) is 0 Å². The Labute approximate surface area is 127 Å². The maximum Gasteiger partial charge on any atom is 0.407 e. The summed E-state index contributed by atoms with van der Waals surface area (Å²) >= 11 is 0. The molecule has 2 heterocycles. The van der Waals surface area contributed by atoms with Crippen LogP contribution < -0.4 is 0 Å². The van der Waals surface area contributed by atoms with Crippen molar-refractivity contribution in [1.82, 2.24) is 9.80 Å². The summed E-state index contributed by atoms with van der Waals surface area (Å²) in [5, 5.41) is 18.0. The van der Waals surface area contributed by atoms with Gasteiger partial charge in [0.05, 0.1) is 24.3 Å². The molecule has 1 amide bonds. The fraction of sp³-hybridized carbons (Fsp3) is 0.467. The van der Waals surface area contributed by atoms with E-state index in [0.717, 1.165) is 5.56 Å². The molecule has 2 atom stereocenters. The highest BCUT2D eigenvalue weighted by Crippen LogP contribution is 2.28. The number of hydrogen-bond donors (Lipinski definition) is 1. The molecule has 7 heteroatoms. The lowest BCUT2D eigenvalue weighted by molar-refractivity contribution is -0.0866. The van der Waals surface area contributed by atoms with Crippen LogP contribution in [0.3, 0.4) is 0 Å². The summed E-state index contributed by atoms with van der Waals surface area (Å²) in [6, 6.07) is 6.32. The molecule has 3 rings (SSSR count). The number of morpholine rings is 1. The summed E-state index contributed by atoms with van der Waals surface area (Å²) in [4.78, 5) is 14.6. The number of amides is 1. The second-order valence-corrected chi connectivity index (χ2v) is 5.55. The Morgan fingerprint density at radius 2 is 2.23 bits per heavy atom. The lowest BCUT2D eigenvalue weighted by atomic mass is 10.0. The van der Waals surface area contributed by atoms with Crippen LogP contribution in [-0.4, -0.2) is 59.8 Å². The molecule has 0 unspecified atom stereocenters. The van der Waals surface area contributed by atoms with Gasteiger partial charge in [-0.3, -0.25) is 4.90 Å². The molecular weight excluding hydrogens is 289 g/mol. The van der Waals surface area contributed by atoms with E-state index in [1.165, 1.54) is 17.0 Å². The van der Waals surface area contributed by atoms with E-state index in [9.17, 15) is 9.18 Å². The molecule has 1 aromatic rings. The van der Waals surface area contributed by atoms with Gasteiger partial charge in [-0.2, -0.15) is 5.26 Å². The lowest BCUT2D eigenvalue weighted by Gasteiger charge is -2.45. The Balaban J connectivity index is 1.71. The smallest absolute Gasteiger partial charge is 0.407 e. The quantitative estimate of drug-likeness (QED) is 0.849. The van der Waals surface area contributed by atoms with Crippen LogP contribution in [0.1, 0.15) is 17.2 Å². The van der Waals surface area contributed by atoms with Crippen molar-refractivity contribution in [3.8, 4) is 6.07 Å². The van der Waals surface area contributed by atoms with Crippen molar-refractivity contribution in [2.24, 2.45) is 0 Å². The molecule has 0 bridgehead atoms. The molecule has 0 spiro atoms. The second kappa shape index (κ2) is 5.91. The Morgan fingerprint density at radius 1 is 1.41 bits per heavy atom. The third-order valence-electron chi connectivity index (χ3n) is 4.25. The van der Waals surface area contributed by atoms with E-state index in [1.807, 2.05) is 6.07 Å². The molecule has 6 nitrogen and oxygen atoms in total. The average molecular weight is 305 g/mol. The van der Waals surface area contributed by atoms with Gasteiger partial charge in [0.1, 0.15) is 11.9 Å². The number of hydrogen-bond acceptors (Lipinski definition) is 4. The average Bonchev–Trinajstić information content (AvgIpc) is 2.54. The molecule has 0 saturated carbocycles. The highest BCUT2D eigenvalue weighted by Gasteiger charge is 2.35. The molecule has 2 saturated heterocycles. The summed E-state index contributed by atoms with van der Waals surface area (Å²) in [5.41, 5.74) is 0.788. The number of carboxylic acid groups (broad SMARTS) is 1. The summed E-state index contributed by atoms with van der Waals surface area (Å²) in [6.45, 7) is 2.62. The third kappa shape index (κ3) is 2.75. The van der Waals surface area contributed by atoms with Crippen molar-refractivity contribution in [2.45, 2.75) is 12.1 Å². The molecule has 0 radical (unpaired) electrons. The van der Waals surface area contributed by atoms with Gasteiger partial charge in [-0.1, -0.05) is 6.07 Å². The molecule has 1 N–H and O–H groups in total. The van der Waals surface area contributed by atoms with Gasteiger partial charge in [0, 0.05) is 26.2 Å². The molecule has 0 aliphatic carbocycles. The molecule has 2 aliphatic heterocycles. The zero-order valence-electron chi connectivity index (χ0n) is 11.9. The number of halogens is 1. The van der Waals surface area contributed by atoms with Gasteiger partial charge in [-0.15, -0.1) is 0 Å². The Bertz CT molecular complexity index is 631. The standard InChI is InChI=1S/C15H16FN3O3/c16-13-2-1-10(5-11(13)6-17)14-8-18-3-4-19(15(20)21)7-12(18)9-22-14/h1-2,5,12,14H,3-4,7-9H2,(H,20,21)/t12-,14-/m0/s1. The maximum absolute atomic E-state index is 13.4. The minimum atomic E-state index is -0.904. The second-order valence-electron chi connectivity index (χ2n) is 5.55. The van der Waals surface area contributed by atoms with Gasteiger partial charge in [0.2, 0.25) is 0 Å². The van der Waals surface area contributed by atoms with Gasteiger partial charge in [-0.25, -0.2) is 9.18 Å². The predicted octanol–water partition coefficient (Wildman–Crippen LogP) is 1.43. The number of ether oxygens (including phenoxy) is 1. The maximum atomic E-state index is 13.4. The van der Waals surface area contributed by atoms with Gasteiger partial charge in [-0.05, 0) is 17.7 Å². The number of benzene rings is 1. The fourth-order valence-electron chi connectivity index (χ4n) is 2.99. The zero-order chi connectivity index (χ0) is 15.7. The van der Waals surface area contributed by atoms with Crippen LogP contribution in [0.4, 0.5) is 9.18 Å². The summed E-state index contributed by atoms with van der Waals surface area (Å²) in [5.74, 6) is -0.532. The first-order chi connectivity index (χ1) is 10.6. The molecular formula is C15H16FN3O3. The summed E-state index contributed by atoms with van der Waals surface area (Å²) < 4.78 is 19.2. The minimum absolute atomic E-state index is 0.0129. The van der Waals surface area contributed by atoms with Crippen molar-refractivity contribution in [1.29, 1.82) is 5.26 Å². The van der Waals surface area contributed by atoms with Gasteiger partial charge in [0.25, 0.3) is 0 Å². The fourth-order valence-corrected chi connectivity index (χ4v) is 2.99. The predicted molar refractivity (Wildman–Crippen MR) is 74.8 cm³/mol. The highest BCUT2D eigenvalue weighted by molar-refractivity contribution is 5.65. The van der Waals surface area contributed by atoms with Crippen LogP contribution in [-0.2, 0) is 4.74 Å². The van der Waals surface area contributed by atoms with E-state index in [4.69, 9.17) is 15.1 Å². The number of fused-ring (bicyclic) bond motifs is 1. The van der Waals surface area contributed by atoms with E-state index in [0.29, 0.717) is 32.8 Å². The van der Waals surface area contributed by atoms with Crippen molar-refractivity contribution in [2.75, 3.05) is 32.8 Å². The van der Waals surface area contributed by atoms with Crippen LogP contribution in [0.15, 0.2) is 18.2 Å². The van der Waals surface area contributed by atoms with E-state index in [2.05, 4.69) is 4.90 Å². The topological polar surface area (TPSA) is 76.8 Å². The van der Waals surface area contributed by atoms with Crippen molar-refractivity contribution in [3.63, 3.8) is 0 Å². The minimum Gasteiger partial charge on any atom is -0.465 e. The summed E-state index contributed by atoms with van der Waals surface area (Å²) in [6.07, 6.45) is -1.13. The van der Waals surface area contributed by atoms with Crippen LogP contribution >= 0.6 is 0 Å². The molecule has 0 aromatic heterocycles. The van der Waals surface area contributed by atoms with E-state index >= 15 is 0 Å². The first kappa shape index (κ1) is 14.8. The van der Waals surface area contributed by atoms with E-state index in [-0.39, 0.29) is 17.7 Å². The van der Waals surface area contributed by atoms with Crippen LogP contribution in [0.5, 0.6) is 0 Å². The van der Waals surface area contributed by atoms with Crippen molar-refractivity contribution in [3.05, 3.63) is 35.1 Å². The number of nitrogens with zero attached hydrogens (tertiary/aromatic N) is 3. The first-order valence-electron chi connectivity index (χ1n) is 7.11. The number of nitriles is 1. The largest absolute Gasteiger partial charge is 0.465 e. The molecule has 2 aliphatic rings. The monoisotopic (exact) mass is 305 g/mol. The number of rotatable bonds is 1. The van der Waals surface area contributed by atoms with Crippen LogP contribution in [0, 0.1) is 17.1 Å². The Kier molecular flexibility index (Phi) is 3.96. The molecule has 2 fully saturated rings. The van der Waals surface area contributed by atoms with Gasteiger partial charge in [0.15, 0.2) is 0 Å². The lowest BCUT2D eigenvalue weighted by Crippen LogP contribution is -2.59. The van der Waals surface area contributed by atoms with Gasteiger partial charge >= 0.3 is 6.09 Å². The van der Waals surface area contributed by atoms with Crippen molar-refractivity contribution < 1.29 is 19.0 Å². The number of carbonyl (C=O) groups is 1. The van der Waals surface area contributed by atoms with Crippen LogP contribution in [0.2, 0.25) is 0 Å². The normalized spacial score (nSPS) is 25.4. The van der Waals surface area contributed by atoms with E-state index < -0.39 is 11.9 Å².